The molecule has 2 rings (SSSR count). The first-order valence-electron chi connectivity index (χ1n) is 5.29. The molecular weight excluding hydrogens is 288 g/mol. The number of ether oxygens (including phenoxy) is 2. The van der Waals surface area contributed by atoms with Crippen molar-refractivity contribution in [2.75, 3.05) is 25.1 Å². The summed E-state index contributed by atoms with van der Waals surface area (Å²) in [6.45, 7) is 3.21. The maximum Gasteiger partial charge on any atom is 0.255 e. The molecule has 1 unspecified atom stereocenters. The Kier molecular flexibility index (Phi) is 4.09. The van der Waals surface area contributed by atoms with Gasteiger partial charge in [0.1, 0.15) is 4.60 Å². The van der Waals surface area contributed by atoms with Gasteiger partial charge in [0.25, 0.3) is 5.91 Å². The van der Waals surface area contributed by atoms with Crippen molar-refractivity contribution in [1.82, 2.24) is 4.98 Å². The summed E-state index contributed by atoms with van der Waals surface area (Å²) in [7, 11) is 0. The third-order valence-corrected chi connectivity index (χ3v) is 3.22. The van der Waals surface area contributed by atoms with E-state index in [-0.39, 0.29) is 5.91 Å². The predicted molar refractivity (Wildman–Crippen MR) is 65.9 cm³/mol. The topological polar surface area (TPSA) is 60.5 Å². The molecule has 6 heteroatoms. The predicted octanol–water partition coefficient (Wildman–Crippen LogP) is 1.51. The molecule has 5 nitrogen and oxygen atoms in total. The van der Waals surface area contributed by atoms with Crippen molar-refractivity contribution in [1.29, 1.82) is 0 Å². The van der Waals surface area contributed by atoms with Gasteiger partial charge in [-0.15, -0.1) is 0 Å². The van der Waals surface area contributed by atoms with Crippen LogP contribution < -0.4 is 5.32 Å². The molecule has 0 bridgehead atoms. The highest BCUT2D eigenvalue weighted by atomic mass is 79.9. The van der Waals surface area contributed by atoms with E-state index in [0.717, 1.165) is 10.2 Å². The fraction of sp³-hybridized carbons (Fsp3) is 0.455. The van der Waals surface area contributed by atoms with Crippen LogP contribution in [0.25, 0.3) is 0 Å². The Morgan fingerprint density at radius 2 is 2.41 bits per heavy atom. The largest absolute Gasteiger partial charge is 0.376 e. The van der Waals surface area contributed by atoms with Crippen LogP contribution in [-0.2, 0) is 14.3 Å². The van der Waals surface area contributed by atoms with Gasteiger partial charge in [-0.3, -0.25) is 4.79 Å². The summed E-state index contributed by atoms with van der Waals surface area (Å²) < 4.78 is 11.2. The van der Waals surface area contributed by atoms with Gasteiger partial charge >= 0.3 is 0 Å². The minimum atomic E-state index is -0.535. The van der Waals surface area contributed by atoms with E-state index in [0.29, 0.717) is 25.5 Å². The van der Waals surface area contributed by atoms with Crippen molar-refractivity contribution < 1.29 is 14.3 Å². The van der Waals surface area contributed by atoms with Gasteiger partial charge in [0.2, 0.25) is 0 Å². The molecule has 1 aliphatic rings. The first kappa shape index (κ1) is 12.5. The van der Waals surface area contributed by atoms with E-state index in [2.05, 4.69) is 26.2 Å². The van der Waals surface area contributed by atoms with Gasteiger partial charge in [0.05, 0.1) is 31.7 Å². The lowest BCUT2D eigenvalue weighted by Gasteiger charge is -2.22. The molecule has 2 heterocycles. The van der Waals surface area contributed by atoms with Gasteiger partial charge in [-0.25, -0.2) is 4.98 Å². The number of anilines is 1. The van der Waals surface area contributed by atoms with E-state index < -0.39 is 6.10 Å². The average molecular weight is 301 g/mol. The zero-order chi connectivity index (χ0) is 12.3. The summed E-state index contributed by atoms with van der Waals surface area (Å²) in [6.07, 6.45) is 1.06. The second-order valence-electron chi connectivity index (χ2n) is 3.76. The normalized spacial score (nSPS) is 20.0. The molecule has 0 aliphatic carbocycles. The summed E-state index contributed by atoms with van der Waals surface area (Å²) in [6, 6.07) is 1.85. The Balaban J connectivity index is 1.99. The summed E-state index contributed by atoms with van der Waals surface area (Å²) in [5.74, 6) is -0.201. The second kappa shape index (κ2) is 5.57. The van der Waals surface area contributed by atoms with Gasteiger partial charge < -0.3 is 14.8 Å². The number of hydrogen-bond donors (Lipinski definition) is 1. The van der Waals surface area contributed by atoms with Crippen LogP contribution in [-0.4, -0.2) is 36.8 Å². The van der Waals surface area contributed by atoms with Crippen molar-refractivity contribution in [3.05, 3.63) is 22.4 Å². The molecule has 1 aromatic heterocycles. The van der Waals surface area contributed by atoms with E-state index >= 15 is 0 Å². The second-order valence-corrected chi connectivity index (χ2v) is 4.51. The number of halogens is 1. The Morgan fingerprint density at radius 1 is 1.59 bits per heavy atom. The summed E-state index contributed by atoms with van der Waals surface area (Å²) >= 11 is 3.30. The minimum Gasteiger partial charge on any atom is -0.376 e. The maximum absolute atomic E-state index is 11.8. The molecule has 1 fully saturated rings. The van der Waals surface area contributed by atoms with Crippen molar-refractivity contribution >= 4 is 27.5 Å². The highest BCUT2D eigenvalue weighted by Gasteiger charge is 2.22. The lowest BCUT2D eigenvalue weighted by Crippen LogP contribution is -2.39. The van der Waals surface area contributed by atoms with Crippen molar-refractivity contribution in [3.8, 4) is 0 Å². The first-order chi connectivity index (χ1) is 8.16. The quantitative estimate of drug-likeness (QED) is 0.841. The molecule has 17 heavy (non-hydrogen) atoms. The summed E-state index contributed by atoms with van der Waals surface area (Å²) in [4.78, 5) is 15.9. The molecule has 92 valence electrons. The van der Waals surface area contributed by atoms with Crippen LogP contribution >= 0.6 is 15.9 Å². The van der Waals surface area contributed by atoms with E-state index in [1.54, 1.807) is 6.20 Å². The lowest BCUT2D eigenvalue weighted by atomic mass is 10.2. The molecule has 1 aliphatic heterocycles. The number of aromatic nitrogens is 1. The number of carbonyl (C=O) groups excluding carboxylic acids is 1. The number of nitrogens with zero attached hydrogens (tertiary/aromatic N) is 1. The standard InChI is InChI=1S/C11H13BrN2O3/c1-7-4-8(5-13-10(7)12)14-11(15)9-6-16-2-3-17-9/h4-5,9H,2-3,6H2,1H3,(H,14,15). The van der Waals surface area contributed by atoms with Crippen LogP contribution in [0.1, 0.15) is 5.56 Å². The van der Waals surface area contributed by atoms with Crippen molar-refractivity contribution in [3.63, 3.8) is 0 Å². The zero-order valence-electron chi connectivity index (χ0n) is 9.40. The van der Waals surface area contributed by atoms with E-state index in [9.17, 15) is 4.79 Å². The molecule has 0 radical (unpaired) electrons. The molecule has 1 N–H and O–H groups in total. The number of nitrogens with one attached hydrogen (secondary N) is 1. The molecule has 1 amide bonds. The van der Waals surface area contributed by atoms with Gasteiger partial charge in [-0.2, -0.15) is 0 Å². The van der Waals surface area contributed by atoms with Crippen LogP contribution in [0.3, 0.4) is 0 Å². The van der Waals surface area contributed by atoms with Gasteiger partial charge in [0.15, 0.2) is 6.10 Å². The third kappa shape index (κ3) is 3.24. The maximum atomic E-state index is 11.8. The number of aryl methyl sites for hydroxylation is 1. The molecule has 1 atom stereocenters. The Bertz CT molecular complexity index is 419. The lowest BCUT2D eigenvalue weighted by molar-refractivity contribution is -0.142. The Labute approximate surface area is 108 Å². The first-order valence-corrected chi connectivity index (χ1v) is 6.08. The van der Waals surface area contributed by atoms with Gasteiger partial charge in [-0.1, -0.05) is 0 Å². The van der Waals surface area contributed by atoms with E-state index in [1.165, 1.54) is 0 Å². The smallest absolute Gasteiger partial charge is 0.255 e. The zero-order valence-corrected chi connectivity index (χ0v) is 11.0. The minimum absolute atomic E-state index is 0.201. The van der Waals surface area contributed by atoms with Crippen LogP contribution in [0.15, 0.2) is 16.9 Å². The highest BCUT2D eigenvalue weighted by Crippen LogP contribution is 2.17. The molecule has 1 aromatic rings. The van der Waals surface area contributed by atoms with Crippen molar-refractivity contribution in [2.45, 2.75) is 13.0 Å². The number of amides is 1. The SMILES string of the molecule is Cc1cc(NC(=O)C2COCCO2)cnc1Br. The molecule has 0 aromatic carbocycles. The van der Waals surface area contributed by atoms with Crippen LogP contribution in [0.2, 0.25) is 0 Å². The molecule has 0 spiro atoms. The fourth-order valence-electron chi connectivity index (χ4n) is 1.49. The van der Waals surface area contributed by atoms with Crippen LogP contribution in [0.4, 0.5) is 5.69 Å². The fourth-order valence-corrected chi connectivity index (χ4v) is 1.71. The van der Waals surface area contributed by atoms with Crippen molar-refractivity contribution in [2.24, 2.45) is 0 Å². The van der Waals surface area contributed by atoms with Crippen LogP contribution in [0.5, 0.6) is 0 Å². The summed E-state index contributed by atoms with van der Waals surface area (Å²) in [5.41, 5.74) is 1.62. The number of hydrogen-bond acceptors (Lipinski definition) is 4. The molecule has 1 saturated heterocycles. The van der Waals surface area contributed by atoms with Gasteiger partial charge in [-0.05, 0) is 34.5 Å². The number of carbonyl (C=O) groups is 1. The van der Waals surface area contributed by atoms with E-state index in [4.69, 9.17) is 9.47 Å². The van der Waals surface area contributed by atoms with Crippen LogP contribution in [0, 0.1) is 6.92 Å². The highest BCUT2D eigenvalue weighted by molar-refractivity contribution is 9.10. The number of rotatable bonds is 2. The molecule has 0 saturated carbocycles. The van der Waals surface area contributed by atoms with Gasteiger partial charge in [0, 0.05) is 0 Å². The monoisotopic (exact) mass is 300 g/mol. The third-order valence-electron chi connectivity index (χ3n) is 2.39. The van der Waals surface area contributed by atoms with E-state index in [1.807, 2.05) is 13.0 Å². The summed E-state index contributed by atoms with van der Waals surface area (Å²) in [5, 5.41) is 2.75. The number of pyridine rings is 1. The molecular formula is C11H13BrN2O3. The Morgan fingerprint density at radius 3 is 3.06 bits per heavy atom. The Hall–Kier alpha value is -0.980. The average Bonchev–Trinajstić information content (AvgIpc) is 2.35.